The molecule has 1 aliphatic carbocycles. The van der Waals surface area contributed by atoms with Crippen LogP contribution in [0.5, 0.6) is 0 Å². The van der Waals surface area contributed by atoms with Gasteiger partial charge in [0.15, 0.2) is 0 Å². The van der Waals surface area contributed by atoms with Gasteiger partial charge in [-0.3, -0.25) is 0 Å². The fourth-order valence-electron chi connectivity index (χ4n) is 1.40. The topological polar surface area (TPSA) is 20.2 Å². The van der Waals surface area contributed by atoms with E-state index in [2.05, 4.69) is 13.0 Å². The average molecular weight is 154 g/mol. The summed E-state index contributed by atoms with van der Waals surface area (Å²) in [6, 6.07) is 0. The van der Waals surface area contributed by atoms with Gasteiger partial charge in [0.25, 0.3) is 0 Å². The Labute approximate surface area is 69.1 Å². The van der Waals surface area contributed by atoms with E-state index in [1.54, 1.807) is 0 Å². The van der Waals surface area contributed by atoms with Crippen molar-refractivity contribution in [2.24, 2.45) is 5.92 Å². The molecule has 0 saturated carbocycles. The average Bonchev–Trinajstić information content (AvgIpc) is 2.77. The third kappa shape index (κ3) is 3.06. The van der Waals surface area contributed by atoms with Crippen molar-refractivity contribution >= 4 is 0 Å². The highest BCUT2D eigenvalue weighted by Crippen LogP contribution is 2.32. The molecule has 0 aliphatic heterocycles. The predicted molar refractivity (Wildman–Crippen MR) is 47.4 cm³/mol. The molecule has 1 heteroatoms. The molecular weight excluding hydrogens is 136 g/mol. The van der Waals surface area contributed by atoms with Crippen LogP contribution in [0.3, 0.4) is 0 Å². The van der Waals surface area contributed by atoms with Crippen molar-refractivity contribution in [3.63, 3.8) is 0 Å². The Hall–Kier alpha value is -0.300. The number of hydrogen-bond donors (Lipinski definition) is 1. The van der Waals surface area contributed by atoms with Crippen LogP contribution in [-0.4, -0.2) is 11.7 Å². The van der Waals surface area contributed by atoms with E-state index >= 15 is 0 Å². The van der Waals surface area contributed by atoms with Crippen molar-refractivity contribution in [1.29, 1.82) is 0 Å². The molecule has 0 fully saturated rings. The zero-order valence-electron chi connectivity index (χ0n) is 7.34. The van der Waals surface area contributed by atoms with E-state index in [1.807, 2.05) is 0 Å². The Morgan fingerprint density at radius 2 is 2.18 bits per heavy atom. The molecule has 0 spiro atoms. The second-order valence-corrected chi connectivity index (χ2v) is 3.34. The molecule has 0 heterocycles. The zero-order chi connectivity index (χ0) is 8.10. The fraction of sp³-hybridized carbons (Fsp3) is 0.800. The predicted octanol–water partition coefficient (Wildman–Crippen LogP) is 2.51. The van der Waals surface area contributed by atoms with E-state index in [1.165, 1.54) is 37.7 Å². The quantitative estimate of drug-likeness (QED) is 0.460. The minimum atomic E-state index is 0.336. The van der Waals surface area contributed by atoms with Gasteiger partial charge in [-0.1, -0.05) is 37.8 Å². The lowest BCUT2D eigenvalue weighted by Gasteiger charge is -1.96. The van der Waals surface area contributed by atoms with Crippen molar-refractivity contribution in [2.75, 3.05) is 6.61 Å². The highest BCUT2D eigenvalue weighted by molar-refractivity contribution is 5.28. The van der Waals surface area contributed by atoms with Gasteiger partial charge in [0.2, 0.25) is 0 Å². The van der Waals surface area contributed by atoms with Crippen LogP contribution in [0.15, 0.2) is 11.6 Å². The zero-order valence-corrected chi connectivity index (χ0v) is 7.34. The van der Waals surface area contributed by atoms with E-state index in [-0.39, 0.29) is 0 Å². The summed E-state index contributed by atoms with van der Waals surface area (Å²) >= 11 is 0. The number of unbranched alkanes of at least 4 members (excludes halogenated alkanes) is 3. The number of aliphatic hydroxyl groups is 1. The number of rotatable bonds is 6. The van der Waals surface area contributed by atoms with Crippen molar-refractivity contribution in [1.82, 2.24) is 0 Å². The number of aliphatic hydroxyl groups excluding tert-OH is 1. The summed E-state index contributed by atoms with van der Waals surface area (Å²) < 4.78 is 0. The standard InChI is InChI=1S/C10H18O/c1-2-3-4-5-6-9-7-10(9)8-11/h7,10-11H,2-6,8H2,1H3. The van der Waals surface area contributed by atoms with Crippen molar-refractivity contribution in [2.45, 2.75) is 39.0 Å². The molecule has 0 bridgehead atoms. The van der Waals surface area contributed by atoms with Crippen molar-refractivity contribution < 1.29 is 5.11 Å². The van der Waals surface area contributed by atoms with Gasteiger partial charge in [0.1, 0.15) is 0 Å². The van der Waals surface area contributed by atoms with Crippen LogP contribution in [0.25, 0.3) is 0 Å². The van der Waals surface area contributed by atoms with Gasteiger partial charge in [0.05, 0.1) is 6.61 Å². The lowest BCUT2D eigenvalue weighted by atomic mass is 10.1. The molecule has 0 aromatic rings. The molecule has 0 saturated heterocycles. The Kier molecular flexibility index (Phi) is 3.64. The van der Waals surface area contributed by atoms with Gasteiger partial charge < -0.3 is 5.11 Å². The molecule has 1 aliphatic rings. The monoisotopic (exact) mass is 154 g/mol. The molecule has 1 rings (SSSR count). The molecule has 0 aromatic heterocycles. The SMILES string of the molecule is CCCCCCC1=CC1CO. The van der Waals surface area contributed by atoms with Crippen molar-refractivity contribution in [3.05, 3.63) is 11.6 Å². The Morgan fingerprint density at radius 3 is 2.73 bits per heavy atom. The summed E-state index contributed by atoms with van der Waals surface area (Å²) in [5, 5.41) is 8.73. The van der Waals surface area contributed by atoms with Gasteiger partial charge >= 0.3 is 0 Å². The Bertz CT molecular complexity index is 138. The summed E-state index contributed by atoms with van der Waals surface area (Å²) in [5.74, 6) is 0.469. The van der Waals surface area contributed by atoms with E-state index in [0.717, 1.165) is 0 Å². The Balaban J connectivity index is 1.86. The number of hydrogen-bond acceptors (Lipinski definition) is 1. The van der Waals surface area contributed by atoms with Gasteiger partial charge in [-0.2, -0.15) is 0 Å². The summed E-state index contributed by atoms with van der Waals surface area (Å²) in [6.07, 6.45) is 8.75. The van der Waals surface area contributed by atoms with Crippen LogP contribution in [0, 0.1) is 5.92 Å². The van der Waals surface area contributed by atoms with Crippen LogP contribution in [0.1, 0.15) is 39.0 Å². The van der Waals surface area contributed by atoms with Gasteiger partial charge in [-0.15, -0.1) is 0 Å². The maximum Gasteiger partial charge on any atom is 0.0531 e. The van der Waals surface area contributed by atoms with E-state index in [0.29, 0.717) is 12.5 Å². The van der Waals surface area contributed by atoms with Crippen LogP contribution >= 0.6 is 0 Å². The molecule has 11 heavy (non-hydrogen) atoms. The molecule has 0 aromatic carbocycles. The summed E-state index contributed by atoms with van der Waals surface area (Å²) in [5.41, 5.74) is 1.49. The normalized spacial score (nSPS) is 21.6. The summed E-state index contributed by atoms with van der Waals surface area (Å²) in [4.78, 5) is 0. The smallest absolute Gasteiger partial charge is 0.0531 e. The van der Waals surface area contributed by atoms with Crippen LogP contribution in [-0.2, 0) is 0 Å². The van der Waals surface area contributed by atoms with Gasteiger partial charge in [-0.25, -0.2) is 0 Å². The molecule has 0 radical (unpaired) electrons. The summed E-state index contributed by atoms with van der Waals surface area (Å²) in [7, 11) is 0. The highest BCUT2D eigenvalue weighted by atomic mass is 16.3. The second kappa shape index (κ2) is 4.55. The third-order valence-electron chi connectivity index (χ3n) is 2.30. The lowest BCUT2D eigenvalue weighted by Crippen LogP contribution is -1.88. The molecule has 64 valence electrons. The minimum absolute atomic E-state index is 0.336. The first-order valence-electron chi connectivity index (χ1n) is 4.70. The van der Waals surface area contributed by atoms with E-state index in [4.69, 9.17) is 5.11 Å². The largest absolute Gasteiger partial charge is 0.395 e. The first-order valence-corrected chi connectivity index (χ1v) is 4.70. The van der Waals surface area contributed by atoms with E-state index < -0.39 is 0 Å². The van der Waals surface area contributed by atoms with Crippen LogP contribution < -0.4 is 0 Å². The van der Waals surface area contributed by atoms with Crippen molar-refractivity contribution in [3.8, 4) is 0 Å². The van der Waals surface area contributed by atoms with Gasteiger partial charge in [-0.05, 0) is 12.8 Å². The first-order chi connectivity index (χ1) is 5.38. The fourth-order valence-corrected chi connectivity index (χ4v) is 1.40. The molecule has 1 nitrogen and oxygen atoms in total. The Morgan fingerprint density at radius 1 is 1.36 bits per heavy atom. The minimum Gasteiger partial charge on any atom is -0.395 e. The second-order valence-electron chi connectivity index (χ2n) is 3.34. The van der Waals surface area contributed by atoms with E-state index in [9.17, 15) is 0 Å². The molecular formula is C10H18O. The maximum absolute atomic E-state index is 8.73. The van der Waals surface area contributed by atoms with Crippen LogP contribution in [0.4, 0.5) is 0 Å². The maximum atomic E-state index is 8.73. The first kappa shape index (κ1) is 8.79. The lowest BCUT2D eigenvalue weighted by molar-refractivity contribution is 0.282. The molecule has 1 unspecified atom stereocenters. The molecule has 1 N–H and O–H groups in total. The van der Waals surface area contributed by atoms with Crippen LogP contribution in [0.2, 0.25) is 0 Å². The molecule has 1 atom stereocenters. The molecule has 0 amide bonds. The van der Waals surface area contributed by atoms with Gasteiger partial charge in [0, 0.05) is 5.92 Å². The summed E-state index contributed by atoms with van der Waals surface area (Å²) in [6.45, 7) is 2.57. The highest BCUT2D eigenvalue weighted by Gasteiger charge is 2.21. The third-order valence-corrected chi connectivity index (χ3v) is 2.30.